The van der Waals surface area contributed by atoms with E-state index in [1.165, 1.54) is 4.57 Å². The number of nitrogens with zero attached hydrogens (tertiary/aromatic N) is 2. The van der Waals surface area contributed by atoms with Crippen LogP contribution < -0.4 is 10.9 Å². The lowest BCUT2D eigenvalue weighted by Crippen LogP contribution is -2.31. The van der Waals surface area contributed by atoms with Crippen LogP contribution in [0.25, 0.3) is 0 Å². The van der Waals surface area contributed by atoms with Crippen LogP contribution in [0.4, 0.5) is 5.69 Å². The number of nitriles is 1. The van der Waals surface area contributed by atoms with Crippen molar-refractivity contribution in [2.24, 2.45) is 0 Å². The van der Waals surface area contributed by atoms with E-state index < -0.39 is 5.56 Å². The summed E-state index contributed by atoms with van der Waals surface area (Å²) in [7, 11) is 0. The quantitative estimate of drug-likeness (QED) is 0.947. The van der Waals surface area contributed by atoms with Gasteiger partial charge in [0.25, 0.3) is 5.56 Å². The molecular weight excluding hydrogens is 290 g/mol. The number of nitrogens with one attached hydrogen (secondary N) is 1. The van der Waals surface area contributed by atoms with Gasteiger partial charge in [-0.25, -0.2) is 0 Å². The van der Waals surface area contributed by atoms with E-state index in [0.29, 0.717) is 11.3 Å². The molecule has 5 nitrogen and oxygen atoms in total. The minimum atomic E-state index is -0.430. The van der Waals surface area contributed by atoms with Gasteiger partial charge < -0.3 is 9.88 Å². The predicted molar refractivity (Wildman–Crippen MR) is 89.4 cm³/mol. The van der Waals surface area contributed by atoms with Gasteiger partial charge in [0.1, 0.15) is 18.2 Å². The third-order valence-electron chi connectivity index (χ3n) is 3.79. The van der Waals surface area contributed by atoms with Gasteiger partial charge in [0.2, 0.25) is 5.91 Å². The van der Waals surface area contributed by atoms with Crippen LogP contribution in [0.5, 0.6) is 0 Å². The molecule has 0 aliphatic rings. The Morgan fingerprint density at radius 3 is 2.52 bits per heavy atom. The maximum absolute atomic E-state index is 12.3. The second kappa shape index (κ2) is 6.49. The number of pyridine rings is 1. The van der Waals surface area contributed by atoms with Gasteiger partial charge in [-0.3, -0.25) is 9.59 Å². The molecule has 2 aromatic rings. The Balaban J connectivity index is 2.30. The highest BCUT2D eigenvalue weighted by atomic mass is 16.2. The number of carbonyl (C=O) groups is 1. The van der Waals surface area contributed by atoms with E-state index in [0.717, 1.165) is 16.8 Å². The van der Waals surface area contributed by atoms with Crippen molar-refractivity contribution in [3.8, 4) is 6.07 Å². The Bertz CT molecular complexity index is 873. The number of carbonyl (C=O) groups excluding carboxylic acids is 1. The van der Waals surface area contributed by atoms with E-state index in [9.17, 15) is 9.59 Å². The smallest absolute Gasteiger partial charge is 0.269 e. The number of anilines is 1. The molecule has 1 N–H and O–H groups in total. The Labute approximate surface area is 135 Å². The minimum absolute atomic E-state index is 0.0788. The number of benzene rings is 1. The second-order valence-corrected chi connectivity index (χ2v) is 5.71. The van der Waals surface area contributed by atoms with E-state index in [1.54, 1.807) is 19.9 Å². The number of hydrogen-bond donors (Lipinski definition) is 1. The van der Waals surface area contributed by atoms with E-state index in [-0.39, 0.29) is 18.0 Å². The summed E-state index contributed by atoms with van der Waals surface area (Å²) in [6, 6.07) is 9.44. The fourth-order valence-electron chi connectivity index (χ4n) is 2.46. The second-order valence-electron chi connectivity index (χ2n) is 5.71. The molecule has 1 aromatic carbocycles. The number of amides is 1. The first-order valence-electron chi connectivity index (χ1n) is 7.31. The van der Waals surface area contributed by atoms with Crippen molar-refractivity contribution in [3.63, 3.8) is 0 Å². The maximum atomic E-state index is 12.3. The first-order chi connectivity index (χ1) is 10.8. The molecule has 0 spiro atoms. The number of hydrogen-bond acceptors (Lipinski definition) is 3. The number of aromatic nitrogens is 1. The van der Waals surface area contributed by atoms with E-state index in [2.05, 4.69) is 5.32 Å². The van der Waals surface area contributed by atoms with Crippen LogP contribution in [0, 0.1) is 39.0 Å². The van der Waals surface area contributed by atoms with Gasteiger partial charge in [-0.2, -0.15) is 5.26 Å². The van der Waals surface area contributed by atoms with Crippen molar-refractivity contribution >= 4 is 11.6 Å². The highest BCUT2D eigenvalue weighted by molar-refractivity contribution is 5.91. The summed E-state index contributed by atoms with van der Waals surface area (Å²) in [5, 5.41) is 11.9. The molecule has 0 fully saturated rings. The molecule has 2 rings (SSSR count). The van der Waals surface area contributed by atoms with E-state index >= 15 is 0 Å². The molecule has 0 bridgehead atoms. The third-order valence-corrected chi connectivity index (χ3v) is 3.79. The van der Waals surface area contributed by atoms with Gasteiger partial charge in [0.15, 0.2) is 0 Å². The fraction of sp³-hybridized carbons (Fsp3) is 0.278. The number of aryl methyl sites for hydroxylation is 4. The van der Waals surface area contributed by atoms with Crippen LogP contribution in [0.3, 0.4) is 0 Å². The Morgan fingerprint density at radius 2 is 1.87 bits per heavy atom. The molecule has 0 aliphatic heterocycles. The van der Waals surface area contributed by atoms with Crippen LogP contribution in [-0.4, -0.2) is 10.5 Å². The summed E-state index contributed by atoms with van der Waals surface area (Å²) in [4.78, 5) is 24.6. The van der Waals surface area contributed by atoms with Gasteiger partial charge >= 0.3 is 0 Å². The van der Waals surface area contributed by atoms with Crippen LogP contribution in [0.15, 0.2) is 29.1 Å². The van der Waals surface area contributed by atoms with Crippen LogP contribution >= 0.6 is 0 Å². The van der Waals surface area contributed by atoms with Crippen molar-refractivity contribution in [2.45, 2.75) is 34.2 Å². The third kappa shape index (κ3) is 3.49. The lowest BCUT2D eigenvalue weighted by atomic mass is 10.1. The molecule has 5 heteroatoms. The van der Waals surface area contributed by atoms with Gasteiger partial charge in [-0.05, 0) is 56.5 Å². The molecule has 1 aromatic heterocycles. The first kappa shape index (κ1) is 16.5. The summed E-state index contributed by atoms with van der Waals surface area (Å²) in [5.74, 6) is -0.295. The minimum Gasteiger partial charge on any atom is -0.324 e. The zero-order chi connectivity index (χ0) is 17.1. The van der Waals surface area contributed by atoms with Crippen LogP contribution in [0.2, 0.25) is 0 Å². The largest absolute Gasteiger partial charge is 0.324 e. The summed E-state index contributed by atoms with van der Waals surface area (Å²) in [6.45, 7) is 7.20. The van der Waals surface area contributed by atoms with Crippen LogP contribution in [-0.2, 0) is 11.3 Å². The molecule has 1 amide bonds. The average Bonchev–Trinajstić information content (AvgIpc) is 2.47. The maximum Gasteiger partial charge on any atom is 0.269 e. The SMILES string of the molecule is Cc1ccc(C)c(NC(=O)Cn2c(C)cc(C)c(C#N)c2=O)c1. The summed E-state index contributed by atoms with van der Waals surface area (Å²) in [5.41, 5.74) is 3.66. The highest BCUT2D eigenvalue weighted by Gasteiger charge is 2.13. The summed E-state index contributed by atoms with van der Waals surface area (Å²) >= 11 is 0. The normalized spacial score (nSPS) is 10.2. The monoisotopic (exact) mass is 309 g/mol. The Kier molecular flexibility index (Phi) is 4.65. The highest BCUT2D eigenvalue weighted by Crippen LogP contribution is 2.16. The fourth-order valence-corrected chi connectivity index (χ4v) is 2.46. The topological polar surface area (TPSA) is 74.9 Å². The summed E-state index contributed by atoms with van der Waals surface area (Å²) in [6.07, 6.45) is 0. The Hall–Kier alpha value is -2.87. The van der Waals surface area contributed by atoms with Crippen LogP contribution in [0.1, 0.15) is 27.9 Å². The standard InChI is InChI=1S/C18H19N3O2/c1-11-5-6-12(2)16(7-11)20-17(22)10-21-14(4)8-13(3)15(9-19)18(21)23/h5-8H,10H2,1-4H3,(H,20,22). The van der Waals surface area contributed by atoms with Crippen molar-refractivity contribution in [1.29, 1.82) is 5.26 Å². The molecule has 118 valence electrons. The molecule has 23 heavy (non-hydrogen) atoms. The molecule has 0 atom stereocenters. The zero-order valence-corrected chi connectivity index (χ0v) is 13.7. The molecule has 0 radical (unpaired) electrons. The predicted octanol–water partition coefficient (Wildman–Crippen LogP) is 2.59. The van der Waals surface area contributed by atoms with Gasteiger partial charge in [0.05, 0.1) is 0 Å². The van der Waals surface area contributed by atoms with Gasteiger partial charge in [0, 0.05) is 11.4 Å². The zero-order valence-electron chi connectivity index (χ0n) is 13.7. The first-order valence-corrected chi connectivity index (χ1v) is 7.31. The van der Waals surface area contributed by atoms with Crippen molar-refractivity contribution in [1.82, 2.24) is 4.57 Å². The van der Waals surface area contributed by atoms with E-state index in [1.807, 2.05) is 38.1 Å². The molecule has 0 unspecified atom stereocenters. The molecule has 0 saturated heterocycles. The van der Waals surface area contributed by atoms with Crippen molar-refractivity contribution in [3.05, 3.63) is 62.6 Å². The van der Waals surface area contributed by atoms with Gasteiger partial charge in [-0.15, -0.1) is 0 Å². The van der Waals surface area contributed by atoms with E-state index in [4.69, 9.17) is 5.26 Å². The number of rotatable bonds is 3. The Morgan fingerprint density at radius 1 is 1.17 bits per heavy atom. The van der Waals surface area contributed by atoms with Crippen molar-refractivity contribution < 1.29 is 4.79 Å². The summed E-state index contributed by atoms with van der Waals surface area (Å²) < 4.78 is 1.33. The molecule has 0 saturated carbocycles. The lowest BCUT2D eigenvalue weighted by molar-refractivity contribution is -0.116. The average molecular weight is 309 g/mol. The molecule has 0 aliphatic carbocycles. The van der Waals surface area contributed by atoms with Crippen molar-refractivity contribution in [2.75, 3.05) is 5.32 Å². The van der Waals surface area contributed by atoms with Gasteiger partial charge in [-0.1, -0.05) is 12.1 Å². The molecule has 1 heterocycles. The molecular formula is C18H19N3O2. The lowest BCUT2D eigenvalue weighted by Gasteiger charge is -2.13.